The maximum Gasteiger partial charge on any atom is 0.252 e. The van der Waals surface area contributed by atoms with Crippen LogP contribution < -0.4 is 5.32 Å². The second kappa shape index (κ2) is 5.60. The van der Waals surface area contributed by atoms with Crippen molar-refractivity contribution in [2.45, 2.75) is 19.9 Å². The van der Waals surface area contributed by atoms with E-state index in [1.165, 1.54) is 0 Å². The van der Waals surface area contributed by atoms with Crippen molar-refractivity contribution in [2.24, 2.45) is 7.05 Å². The molecule has 0 aliphatic carbocycles. The van der Waals surface area contributed by atoms with Gasteiger partial charge in [-0.2, -0.15) is 5.10 Å². The molecule has 0 saturated carbocycles. The van der Waals surface area contributed by atoms with Crippen LogP contribution in [0.1, 0.15) is 34.6 Å². The molecule has 0 aliphatic rings. The molecule has 3 aromatic rings. The lowest BCUT2D eigenvalue weighted by Gasteiger charge is -2.15. The summed E-state index contributed by atoms with van der Waals surface area (Å²) in [6, 6.07) is 11.6. The number of benzene rings is 1. The van der Waals surface area contributed by atoms with Crippen molar-refractivity contribution in [3.8, 4) is 0 Å². The Kier molecular flexibility index (Phi) is 3.63. The zero-order valence-corrected chi connectivity index (χ0v) is 12.9. The van der Waals surface area contributed by atoms with Crippen LogP contribution >= 0.6 is 0 Å². The van der Waals surface area contributed by atoms with Gasteiger partial charge in [0.1, 0.15) is 0 Å². The van der Waals surface area contributed by atoms with Gasteiger partial charge in [-0.15, -0.1) is 0 Å². The van der Waals surface area contributed by atoms with Crippen LogP contribution in [-0.4, -0.2) is 20.7 Å². The van der Waals surface area contributed by atoms with Crippen molar-refractivity contribution in [3.63, 3.8) is 0 Å². The number of fused-ring (bicyclic) bond motifs is 1. The van der Waals surface area contributed by atoms with E-state index in [1.807, 2.05) is 51.2 Å². The number of amides is 1. The highest BCUT2D eigenvalue weighted by Gasteiger charge is 2.17. The van der Waals surface area contributed by atoms with Crippen LogP contribution in [0.3, 0.4) is 0 Å². The highest BCUT2D eigenvalue weighted by molar-refractivity contribution is 6.05. The van der Waals surface area contributed by atoms with Crippen LogP contribution in [0.15, 0.2) is 42.6 Å². The Morgan fingerprint density at radius 3 is 2.73 bits per heavy atom. The fourth-order valence-electron chi connectivity index (χ4n) is 2.53. The molecular weight excluding hydrogens is 276 g/mol. The van der Waals surface area contributed by atoms with Crippen LogP contribution in [0.25, 0.3) is 11.0 Å². The van der Waals surface area contributed by atoms with Gasteiger partial charge in [0.25, 0.3) is 5.91 Å². The van der Waals surface area contributed by atoms with Crippen molar-refractivity contribution < 1.29 is 4.79 Å². The van der Waals surface area contributed by atoms with E-state index >= 15 is 0 Å². The molecule has 22 heavy (non-hydrogen) atoms. The average Bonchev–Trinajstić information content (AvgIpc) is 2.88. The zero-order chi connectivity index (χ0) is 15.7. The monoisotopic (exact) mass is 294 g/mol. The first-order valence-corrected chi connectivity index (χ1v) is 7.21. The molecule has 0 spiro atoms. The third-order valence-corrected chi connectivity index (χ3v) is 3.72. The summed E-state index contributed by atoms with van der Waals surface area (Å²) in [6.45, 7) is 3.85. The van der Waals surface area contributed by atoms with Crippen LogP contribution in [-0.2, 0) is 7.05 Å². The van der Waals surface area contributed by atoms with E-state index in [4.69, 9.17) is 0 Å². The minimum Gasteiger partial charge on any atom is -0.345 e. The number of hydrogen-bond donors (Lipinski definition) is 1. The second-order valence-electron chi connectivity index (χ2n) is 5.42. The number of aryl methyl sites for hydroxylation is 2. The van der Waals surface area contributed by atoms with E-state index < -0.39 is 0 Å². The van der Waals surface area contributed by atoms with Crippen LogP contribution in [0.4, 0.5) is 0 Å². The first-order chi connectivity index (χ1) is 10.6. The molecule has 1 N–H and O–H groups in total. The Labute approximate surface area is 129 Å². The standard InChI is InChI=1S/C17H18N4O/c1-11-9-14(15-10-18-21(3)16(15)19-11)17(22)20-12(2)13-7-5-4-6-8-13/h4-10,12H,1-3H3,(H,20,22)/t12-/m1/s1. The summed E-state index contributed by atoms with van der Waals surface area (Å²) in [7, 11) is 1.82. The highest BCUT2D eigenvalue weighted by Crippen LogP contribution is 2.19. The Bertz CT molecular complexity index is 823. The van der Waals surface area contributed by atoms with Gasteiger partial charge in [-0.3, -0.25) is 9.48 Å². The van der Waals surface area contributed by atoms with Crippen molar-refractivity contribution >= 4 is 16.9 Å². The Morgan fingerprint density at radius 1 is 1.27 bits per heavy atom. The molecule has 5 heteroatoms. The minimum atomic E-state index is -0.111. The summed E-state index contributed by atoms with van der Waals surface area (Å²) in [4.78, 5) is 17.1. The molecule has 1 atom stereocenters. The van der Waals surface area contributed by atoms with Crippen molar-refractivity contribution in [1.82, 2.24) is 20.1 Å². The molecule has 0 fully saturated rings. The van der Waals surface area contributed by atoms with Gasteiger partial charge in [0.2, 0.25) is 0 Å². The predicted octanol–water partition coefficient (Wildman–Crippen LogP) is 2.77. The van der Waals surface area contributed by atoms with Gasteiger partial charge in [-0.1, -0.05) is 30.3 Å². The van der Waals surface area contributed by atoms with Gasteiger partial charge >= 0.3 is 0 Å². The number of hydrogen-bond acceptors (Lipinski definition) is 3. The topological polar surface area (TPSA) is 59.8 Å². The summed E-state index contributed by atoms with van der Waals surface area (Å²) in [5, 5.41) is 8.00. The number of rotatable bonds is 3. The fourth-order valence-corrected chi connectivity index (χ4v) is 2.53. The van der Waals surface area contributed by atoms with Crippen molar-refractivity contribution in [1.29, 1.82) is 0 Å². The van der Waals surface area contributed by atoms with Crippen molar-refractivity contribution in [3.05, 3.63) is 59.4 Å². The molecule has 0 unspecified atom stereocenters. The smallest absolute Gasteiger partial charge is 0.252 e. The largest absolute Gasteiger partial charge is 0.345 e. The quantitative estimate of drug-likeness (QED) is 0.808. The third kappa shape index (κ3) is 2.57. The molecule has 2 aromatic heterocycles. The molecule has 5 nitrogen and oxygen atoms in total. The summed E-state index contributed by atoms with van der Waals surface area (Å²) >= 11 is 0. The molecule has 1 amide bonds. The number of nitrogens with zero attached hydrogens (tertiary/aromatic N) is 3. The minimum absolute atomic E-state index is 0.0612. The van der Waals surface area contributed by atoms with Gasteiger partial charge in [-0.25, -0.2) is 4.98 Å². The number of carbonyl (C=O) groups is 1. The van der Waals surface area contributed by atoms with E-state index in [0.717, 1.165) is 22.3 Å². The summed E-state index contributed by atoms with van der Waals surface area (Å²) < 4.78 is 1.68. The fraction of sp³-hybridized carbons (Fsp3) is 0.235. The molecule has 112 valence electrons. The maximum atomic E-state index is 12.6. The first-order valence-electron chi connectivity index (χ1n) is 7.21. The second-order valence-corrected chi connectivity index (χ2v) is 5.42. The molecule has 0 bridgehead atoms. The predicted molar refractivity (Wildman–Crippen MR) is 85.6 cm³/mol. The lowest BCUT2D eigenvalue weighted by molar-refractivity contribution is 0.0941. The SMILES string of the molecule is Cc1cc(C(=O)N[C@H](C)c2ccccc2)c2cnn(C)c2n1. The summed E-state index contributed by atoms with van der Waals surface area (Å²) in [6.07, 6.45) is 1.68. The van der Waals surface area contributed by atoms with Crippen molar-refractivity contribution in [2.75, 3.05) is 0 Å². The molecule has 1 aromatic carbocycles. The molecule has 0 radical (unpaired) electrons. The third-order valence-electron chi connectivity index (χ3n) is 3.72. The van der Waals surface area contributed by atoms with Gasteiger partial charge in [-0.05, 0) is 25.5 Å². The highest BCUT2D eigenvalue weighted by atomic mass is 16.1. The molecule has 0 aliphatic heterocycles. The molecule has 2 heterocycles. The van der Waals surface area contributed by atoms with E-state index in [1.54, 1.807) is 16.9 Å². The van der Waals surface area contributed by atoms with Crippen LogP contribution in [0, 0.1) is 6.92 Å². The number of nitrogens with one attached hydrogen (secondary N) is 1. The molecule has 0 saturated heterocycles. The van der Waals surface area contributed by atoms with Gasteiger partial charge in [0.15, 0.2) is 5.65 Å². The van der Waals surface area contributed by atoms with Crippen LogP contribution in [0.2, 0.25) is 0 Å². The van der Waals surface area contributed by atoms with E-state index in [-0.39, 0.29) is 11.9 Å². The van der Waals surface area contributed by atoms with E-state index in [0.29, 0.717) is 5.56 Å². The number of aromatic nitrogens is 3. The Balaban J connectivity index is 1.93. The first kappa shape index (κ1) is 14.3. The maximum absolute atomic E-state index is 12.6. The summed E-state index contributed by atoms with van der Waals surface area (Å²) in [5.74, 6) is -0.111. The zero-order valence-electron chi connectivity index (χ0n) is 12.9. The lowest BCUT2D eigenvalue weighted by atomic mass is 10.1. The van der Waals surface area contributed by atoms with Gasteiger partial charge in [0.05, 0.1) is 23.2 Å². The molecule has 3 rings (SSSR count). The lowest BCUT2D eigenvalue weighted by Crippen LogP contribution is -2.27. The normalized spacial score (nSPS) is 12.3. The number of carbonyl (C=O) groups excluding carboxylic acids is 1. The van der Waals surface area contributed by atoms with Gasteiger partial charge in [0, 0.05) is 12.7 Å². The summed E-state index contributed by atoms with van der Waals surface area (Å²) in [5.41, 5.74) is 3.20. The number of pyridine rings is 1. The Hall–Kier alpha value is -2.69. The van der Waals surface area contributed by atoms with Crippen LogP contribution in [0.5, 0.6) is 0 Å². The average molecular weight is 294 g/mol. The van der Waals surface area contributed by atoms with E-state index in [9.17, 15) is 4.79 Å². The Morgan fingerprint density at radius 2 is 2.00 bits per heavy atom. The van der Waals surface area contributed by atoms with E-state index in [2.05, 4.69) is 15.4 Å². The molecular formula is C17H18N4O. The van der Waals surface area contributed by atoms with Gasteiger partial charge < -0.3 is 5.32 Å².